The summed E-state index contributed by atoms with van der Waals surface area (Å²) in [5.74, 6) is 0.517. The molecule has 3 rings (SSSR count). The first-order chi connectivity index (χ1) is 17.2. The van der Waals surface area contributed by atoms with Gasteiger partial charge in [-0.15, -0.1) is 0 Å². The number of carbonyl (C=O) groups is 1. The smallest absolute Gasteiger partial charge is 0.264 e. The summed E-state index contributed by atoms with van der Waals surface area (Å²) in [6, 6.07) is 14.0. The zero-order valence-corrected chi connectivity index (χ0v) is 22.9. The van der Waals surface area contributed by atoms with Crippen LogP contribution in [0.15, 0.2) is 48.5 Å². The largest absolute Gasteiger partial charge is 0.368 e. The van der Waals surface area contributed by atoms with E-state index in [2.05, 4.69) is 30.7 Å². The number of imidazole rings is 1. The van der Waals surface area contributed by atoms with Gasteiger partial charge in [0, 0.05) is 56.7 Å². The summed E-state index contributed by atoms with van der Waals surface area (Å²) in [6.45, 7) is 2.76. The Balaban J connectivity index is 1.58. The van der Waals surface area contributed by atoms with E-state index in [0.717, 1.165) is 64.8 Å². The van der Waals surface area contributed by atoms with Gasteiger partial charge in [-0.1, -0.05) is 40.2 Å². The topological polar surface area (TPSA) is 120 Å². The number of aryl methyl sites for hydroxylation is 1. The maximum absolute atomic E-state index is 11.3. The second-order valence-corrected chi connectivity index (χ2v) is 10.8. The maximum Gasteiger partial charge on any atom is 0.264 e. The molecular formula is C25H32BrN5O4S. The van der Waals surface area contributed by atoms with Gasteiger partial charge >= 0.3 is 0 Å². The standard InChI is InChI=1S/C25H32BrN5O4S/c1-30-23-9-8-21(31(14-12-26)15-16-35-36(2,33)34)17-22(23)29-25(30)11-13-28-18-20-5-3-19(4-6-20)7-10-24(27)32/h3-10,17,28H,11-16,18H2,1-2H3,(H2,27,32). The number of benzene rings is 2. The lowest BCUT2D eigenvalue weighted by Gasteiger charge is -2.23. The fourth-order valence-electron chi connectivity index (χ4n) is 3.79. The summed E-state index contributed by atoms with van der Waals surface area (Å²) in [7, 11) is -1.46. The van der Waals surface area contributed by atoms with Gasteiger partial charge in [-0.05, 0) is 35.4 Å². The number of nitrogens with one attached hydrogen (secondary N) is 1. The molecule has 0 aliphatic heterocycles. The van der Waals surface area contributed by atoms with Crippen LogP contribution in [0.4, 0.5) is 5.69 Å². The van der Waals surface area contributed by atoms with Crippen molar-refractivity contribution < 1.29 is 17.4 Å². The van der Waals surface area contributed by atoms with Crippen LogP contribution < -0.4 is 16.0 Å². The molecule has 1 aromatic heterocycles. The van der Waals surface area contributed by atoms with Crippen LogP contribution >= 0.6 is 15.9 Å². The average Bonchev–Trinajstić information content (AvgIpc) is 3.14. The van der Waals surface area contributed by atoms with Crippen LogP contribution in [0, 0.1) is 0 Å². The summed E-state index contributed by atoms with van der Waals surface area (Å²) in [5, 5.41) is 4.20. The normalized spacial score (nSPS) is 12.0. The minimum absolute atomic E-state index is 0.0931. The monoisotopic (exact) mass is 577 g/mol. The van der Waals surface area contributed by atoms with E-state index in [0.29, 0.717) is 13.1 Å². The van der Waals surface area contributed by atoms with Crippen molar-refractivity contribution in [3.63, 3.8) is 0 Å². The lowest BCUT2D eigenvalue weighted by molar-refractivity contribution is -0.113. The van der Waals surface area contributed by atoms with Crippen molar-refractivity contribution in [3.05, 3.63) is 65.5 Å². The first-order valence-electron chi connectivity index (χ1n) is 11.5. The summed E-state index contributed by atoms with van der Waals surface area (Å²) in [4.78, 5) is 17.8. The molecule has 0 aliphatic carbocycles. The third-order valence-corrected chi connectivity index (χ3v) is 6.56. The van der Waals surface area contributed by atoms with E-state index in [1.54, 1.807) is 6.08 Å². The highest BCUT2D eigenvalue weighted by atomic mass is 79.9. The molecule has 1 heterocycles. The molecule has 0 saturated heterocycles. The second-order valence-electron chi connectivity index (χ2n) is 8.37. The van der Waals surface area contributed by atoms with Crippen molar-refractivity contribution in [2.24, 2.45) is 12.8 Å². The number of fused-ring (bicyclic) bond motifs is 1. The van der Waals surface area contributed by atoms with Crippen LogP contribution in [0.1, 0.15) is 17.0 Å². The van der Waals surface area contributed by atoms with Crippen LogP contribution in [0.2, 0.25) is 0 Å². The molecule has 0 bridgehead atoms. The van der Waals surface area contributed by atoms with Gasteiger partial charge in [0.2, 0.25) is 5.91 Å². The molecule has 194 valence electrons. The van der Waals surface area contributed by atoms with Gasteiger partial charge in [0.1, 0.15) is 5.82 Å². The Morgan fingerprint density at radius 3 is 2.64 bits per heavy atom. The number of anilines is 1. The Morgan fingerprint density at radius 1 is 1.22 bits per heavy atom. The van der Waals surface area contributed by atoms with Crippen molar-refractivity contribution >= 4 is 54.8 Å². The number of rotatable bonds is 14. The first-order valence-corrected chi connectivity index (χ1v) is 14.5. The fraction of sp³-hybridized carbons (Fsp3) is 0.360. The minimum atomic E-state index is -3.47. The molecule has 0 saturated carbocycles. The van der Waals surface area contributed by atoms with Crippen molar-refractivity contribution in [1.82, 2.24) is 14.9 Å². The molecule has 0 atom stereocenters. The lowest BCUT2D eigenvalue weighted by Crippen LogP contribution is -2.29. The first kappa shape index (κ1) is 27.9. The Bertz CT molecular complexity index is 1310. The molecule has 9 nitrogen and oxygen atoms in total. The highest BCUT2D eigenvalue weighted by Crippen LogP contribution is 2.23. The van der Waals surface area contributed by atoms with Crippen LogP contribution in [-0.4, -0.2) is 61.7 Å². The van der Waals surface area contributed by atoms with E-state index in [1.165, 1.54) is 6.08 Å². The van der Waals surface area contributed by atoms with Crippen LogP contribution in [0.5, 0.6) is 0 Å². The molecule has 36 heavy (non-hydrogen) atoms. The molecule has 0 aliphatic rings. The van der Waals surface area contributed by atoms with E-state index in [-0.39, 0.29) is 6.61 Å². The number of hydrogen-bond acceptors (Lipinski definition) is 7. The van der Waals surface area contributed by atoms with Crippen LogP contribution in [-0.2, 0) is 39.1 Å². The highest BCUT2D eigenvalue weighted by molar-refractivity contribution is 9.09. The number of nitrogens with two attached hydrogens (primary N) is 1. The molecular weight excluding hydrogens is 546 g/mol. The maximum atomic E-state index is 11.3. The van der Waals surface area contributed by atoms with E-state index in [4.69, 9.17) is 14.9 Å². The van der Waals surface area contributed by atoms with Gasteiger partial charge in [-0.25, -0.2) is 4.98 Å². The Morgan fingerprint density at radius 2 is 1.97 bits per heavy atom. The number of primary amides is 1. The molecule has 0 radical (unpaired) electrons. The number of nitrogens with zero attached hydrogens (tertiary/aromatic N) is 3. The van der Waals surface area contributed by atoms with Crippen molar-refractivity contribution in [1.29, 1.82) is 0 Å². The summed E-state index contributed by atoms with van der Waals surface area (Å²) in [5.41, 5.74) is 10.1. The average molecular weight is 579 g/mol. The predicted octanol–water partition coefficient (Wildman–Crippen LogP) is 2.58. The third kappa shape index (κ3) is 8.44. The third-order valence-electron chi connectivity index (χ3n) is 5.61. The second kappa shape index (κ2) is 13.0. The minimum Gasteiger partial charge on any atom is -0.368 e. The number of hydrogen-bond donors (Lipinski definition) is 2. The van der Waals surface area contributed by atoms with Gasteiger partial charge in [0.05, 0.1) is 23.9 Å². The van der Waals surface area contributed by atoms with Gasteiger partial charge < -0.3 is 20.5 Å². The molecule has 0 unspecified atom stereocenters. The zero-order chi connectivity index (χ0) is 26.1. The zero-order valence-electron chi connectivity index (χ0n) is 20.5. The van der Waals surface area contributed by atoms with Crippen molar-refractivity contribution in [2.75, 3.05) is 42.7 Å². The van der Waals surface area contributed by atoms with Crippen LogP contribution in [0.3, 0.4) is 0 Å². The van der Waals surface area contributed by atoms with E-state index < -0.39 is 16.0 Å². The van der Waals surface area contributed by atoms with Crippen molar-refractivity contribution in [3.8, 4) is 0 Å². The molecule has 3 aromatic rings. The number of alkyl halides is 1. The van der Waals surface area contributed by atoms with Gasteiger partial charge in [-0.2, -0.15) is 8.42 Å². The Kier molecular flexibility index (Phi) is 10.1. The number of halogens is 1. The predicted molar refractivity (Wildman–Crippen MR) is 148 cm³/mol. The Hall–Kier alpha value is -2.73. The molecule has 0 fully saturated rings. The molecule has 2 aromatic carbocycles. The van der Waals surface area contributed by atoms with E-state index in [1.807, 2.05) is 49.5 Å². The fourth-order valence-corrected chi connectivity index (χ4v) is 4.59. The SMILES string of the molecule is Cn1c(CCNCc2ccc(C=CC(N)=O)cc2)nc2cc(N(CCBr)CCOS(C)(=O)=O)ccc21. The van der Waals surface area contributed by atoms with Gasteiger partial charge in [0.25, 0.3) is 10.1 Å². The summed E-state index contributed by atoms with van der Waals surface area (Å²) >= 11 is 3.46. The van der Waals surface area contributed by atoms with Crippen LogP contribution in [0.25, 0.3) is 17.1 Å². The van der Waals surface area contributed by atoms with E-state index >= 15 is 0 Å². The van der Waals surface area contributed by atoms with Gasteiger partial charge in [-0.3, -0.25) is 8.98 Å². The molecule has 3 N–H and O–H groups in total. The number of carbonyl (C=O) groups excluding carboxylic acids is 1. The van der Waals surface area contributed by atoms with E-state index in [9.17, 15) is 13.2 Å². The molecule has 11 heteroatoms. The van der Waals surface area contributed by atoms with Crippen molar-refractivity contribution in [2.45, 2.75) is 13.0 Å². The lowest BCUT2D eigenvalue weighted by atomic mass is 10.1. The summed E-state index contributed by atoms with van der Waals surface area (Å²) in [6.07, 6.45) is 4.87. The Labute approximate surface area is 220 Å². The number of amides is 1. The molecule has 1 amide bonds. The highest BCUT2D eigenvalue weighted by Gasteiger charge is 2.13. The van der Waals surface area contributed by atoms with Gasteiger partial charge in [0.15, 0.2) is 0 Å². The molecule has 0 spiro atoms. The number of aromatic nitrogens is 2. The quantitative estimate of drug-likeness (QED) is 0.131. The summed E-state index contributed by atoms with van der Waals surface area (Å²) < 4.78 is 29.6.